The van der Waals surface area contributed by atoms with E-state index in [0.29, 0.717) is 65.9 Å². The third kappa shape index (κ3) is 46.7. The molecular weight excluding hydrogens is 1950 g/mol. The average molecular weight is 2100 g/mol. The van der Waals surface area contributed by atoms with Gasteiger partial charge in [-0.1, -0.05) is 163 Å². The number of hydrogen-bond acceptors (Lipinski definition) is 34. The highest BCUT2D eigenvalue weighted by molar-refractivity contribution is 9.10. The number of nitrogens with zero attached hydrogens (tertiary/aromatic N) is 21. The van der Waals surface area contributed by atoms with Gasteiger partial charge in [0.05, 0.1) is 115 Å². The summed E-state index contributed by atoms with van der Waals surface area (Å²) >= 11 is 3.37. The summed E-state index contributed by atoms with van der Waals surface area (Å²) in [6.45, 7) is 42.3. The van der Waals surface area contributed by atoms with Crippen LogP contribution < -0.4 is 36.4 Å². The van der Waals surface area contributed by atoms with Crippen LogP contribution in [0.25, 0.3) is 44.3 Å². The second-order valence-electron chi connectivity index (χ2n) is 36.8. The van der Waals surface area contributed by atoms with E-state index in [0.717, 1.165) is 164 Å². The third-order valence-electron chi connectivity index (χ3n) is 24.4. The van der Waals surface area contributed by atoms with Crippen molar-refractivity contribution in [2.75, 3.05) is 104 Å². The number of methoxy groups -OCH3 is 1. The Morgan fingerprint density at radius 3 is 1.29 bits per heavy atom. The van der Waals surface area contributed by atoms with Crippen molar-refractivity contribution in [1.29, 1.82) is 10.5 Å². The first kappa shape index (κ1) is 130. The number of benzene rings is 2. The van der Waals surface area contributed by atoms with Gasteiger partial charge in [0, 0.05) is 74.1 Å². The van der Waals surface area contributed by atoms with Gasteiger partial charge in [-0.3, -0.25) is 4.79 Å². The molecule has 8 aromatic heterocycles. The summed E-state index contributed by atoms with van der Waals surface area (Å²) in [6, 6.07) is 52.0. The van der Waals surface area contributed by atoms with Gasteiger partial charge in [-0.05, 0) is 256 Å². The van der Waals surface area contributed by atoms with Crippen LogP contribution in [0.3, 0.4) is 0 Å². The Bertz CT molecular complexity index is 5830. The van der Waals surface area contributed by atoms with E-state index in [1.54, 1.807) is 47.1 Å². The Morgan fingerprint density at radius 1 is 0.507 bits per heavy atom. The zero-order valence-electron chi connectivity index (χ0n) is 83.6. The van der Waals surface area contributed by atoms with Crippen molar-refractivity contribution in [3.05, 3.63) is 218 Å². The number of aliphatic hydroxyl groups excluding tert-OH is 1. The number of nitrogens with one attached hydrogen (secondary N) is 1. The summed E-state index contributed by atoms with van der Waals surface area (Å²) in [7, 11) is -1.92. The number of terminal acetylenes is 1. The number of piperidine rings is 5. The number of rotatable bonds is 19. The van der Waals surface area contributed by atoms with Gasteiger partial charge >= 0.3 is 30.6 Å². The monoisotopic (exact) mass is 2100 g/mol. The molecule has 0 radical (unpaired) electrons. The lowest BCUT2D eigenvalue weighted by Crippen LogP contribution is -2.40. The standard InChI is InChI=1S/C24H23N9.C18H32N2OSi.C13H8N4.C12H20BrNOSi.C12H17N5.C12H18N2O.C7H13NO2.4CO2.4CH4/c25-14-17-6-4-7-18(12-17)20-13-21(29-24(26)28-20)22-16-33(31-30-22)15-19-8-5-9-23(27-19)32-10-2-1-3-11-32;1-15-10-12-20(13-11-15)17-9-7-8-16(19-17)14-21-22(5,6)18(2,3)4;1-2-11-7-12(17-13(15)16-11)10-5-3-4-9(6-10)8-14;1-12(2,3)16(4,5)15-9-10-7-6-8-11(13)14-10;1-10-5-7-17(8-6-10)12-4-2-3-11(15-12)9-14-16-13;1-10-5-7-14(8-6-10)12-4-2-3-11(9-15)13-12;1-10-7(9)6-2-4-8-5-3-6;4*2-1-3;;;;/h4-9,12-13,16H,1-3,10-11,15H2,(H2,26,28,29);7-9,15H,10-14H2,1-6H3;1,3-7H,(H2,15,16,17);6-8H,9H2,1-5H3;2-4,10H,5-9H2,1H3;2-4,10,15H,5-9H2,1H3;6,8H,2-5H2,1H3;;;;;4*1H4. The van der Waals surface area contributed by atoms with Gasteiger partial charge in [-0.25, -0.2) is 49.5 Å². The second-order valence-corrected chi connectivity index (χ2v) is 47.2. The molecule has 0 spiro atoms. The van der Waals surface area contributed by atoms with Crippen LogP contribution in [-0.2, 0) is 89.6 Å². The third-order valence-corrected chi connectivity index (χ3v) is 33.8. The molecule has 5 aliphatic heterocycles. The molecule has 10 aromatic rings. The van der Waals surface area contributed by atoms with Crippen LogP contribution >= 0.6 is 15.9 Å². The van der Waals surface area contributed by atoms with Crippen molar-refractivity contribution in [2.24, 2.45) is 28.8 Å². The second kappa shape index (κ2) is 69.0. The highest BCUT2D eigenvalue weighted by Gasteiger charge is 2.38. The van der Waals surface area contributed by atoms with Crippen molar-refractivity contribution in [3.63, 3.8) is 0 Å². The Morgan fingerprint density at radius 2 is 0.877 bits per heavy atom. The Labute approximate surface area is 871 Å². The summed E-state index contributed by atoms with van der Waals surface area (Å²) in [4.78, 5) is 128. The minimum Gasteiger partial charge on any atom is -0.469 e. The zero-order valence-corrected chi connectivity index (χ0v) is 87.1. The number of carbonyl (C=O) groups is 1. The largest absolute Gasteiger partial charge is 0.469 e. The number of nitrogens with two attached hydrogens (primary N) is 2. The number of nitrogen functional groups attached to an aromatic ring is 2. The molecule has 784 valence electrons. The first-order valence-electron chi connectivity index (χ1n) is 46.7. The number of aliphatic hydroxyl groups is 1. The summed E-state index contributed by atoms with van der Waals surface area (Å²) in [5, 5.41) is 42.8. The van der Waals surface area contributed by atoms with Gasteiger partial charge in [-0.2, -0.15) is 48.9 Å². The van der Waals surface area contributed by atoms with Crippen LogP contribution in [0.1, 0.15) is 208 Å². The number of anilines is 6. The zero-order chi connectivity index (χ0) is 105. The van der Waals surface area contributed by atoms with Crippen molar-refractivity contribution < 1.29 is 61.8 Å². The maximum absolute atomic E-state index is 10.9. The maximum atomic E-state index is 10.9. The van der Waals surface area contributed by atoms with E-state index in [1.165, 1.54) is 64.9 Å². The lowest BCUT2D eigenvalue weighted by Gasteiger charge is -2.36. The van der Waals surface area contributed by atoms with E-state index in [9.17, 15) is 10.1 Å². The number of esters is 1. The quantitative estimate of drug-likeness (QED) is 0.0111. The van der Waals surface area contributed by atoms with Gasteiger partial charge in [0.1, 0.15) is 39.3 Å². The number of azide groups is 1. The number of aromatic nitrogens is 12. The summed E-state index contributed by atoms with van der Waals surface area (Å²) in [5.74, 6) is 9.40. The highest BCUT2D eigenvalue weighted by Crippen LogP contribution is 2.39. The van der Waals surface area contributed by atoms with Crippen LogP contribution in [0, 0.1) is 58.7 Å². The minimum atomic E-state index is -1.71. The fraction of sp³-hybridized carbons (Fsp3) is 0.472. The van der Waals surface area contributed by atoms with Gasteiger partial charge in [0.15, 0.2) is 16.6 Å². The predicted molar refractivity (Wildman–Crippen MR) is 573 cm³/mol. The molecule has 0 amide bonds. The Balaban J connectivity index is 0.000000852. The molecule has 37 nitrogen and oxygen atoms in total. The molecule has 5 fully saturated rings. The molecule has 146 heavy (non-hydrogen) atoms. The lowest BCUT2D eigenvalue weighted by molar-refractivity contribution is -0.193. The fourth-order valence-corrected chi connectivity index (χ4v) is 16.4. The van der Waals surface area contributed by atoms with Gasteiger partial charge in [-0.15, -0.1) is 11.5 Å². The lowest BCUT2D eigenvalue weighted by atomic mass is 9.99. The number of nitriles is 2. The number of carbonyl (C=O) groups excluding carboxylic acids is 9. The first-order valence-corrected chi connectivity index (χ1v) is 53.3. The van der Waals surface area contributed by atoms with Crippen molar-refractivity contribution >= 4 is 98.3 Å². The Kier molecular flexibility index (Phi) is 61.4. The number of pyridine rings is 5. The molecule has 0 atom stereocenters. The van der Waals surface area contributed by atoms with Crippen molar-refractivity contribution in [1.82, 2.24) is 65.2 Å². The number of ether oxygens (including phenoxy) is 1. The molecule has 6 N–H and O–H groups in total. The summed E-state index contributed by atoms with van der Waals surface area (Å²) in [6.07, 6.45) is 21.1. The molecule has 0 aliphatic carbocycles. The van der Waals surface area contributed by atoms with Crippen LogP contribution in [0.15, 0.2) is 168 Å². The van der Waals surface area contributed by atoms with Crippen molar-refractivity contribution in [2.45, 2.75) is 232 Å². The molecule has 15 rings (SSSR count). The number of hydrogen-bond donors (Lipinski definition) is 4. The van der Waals surface area contributed by atoms with Crippen LogP contribution in [0.2, 0.25) is 36.3 Å². The molecule has 5 saturated heterocycles. The minimum absolute atomic E-state index is 0. The molecule has 0 saturated carbocycles. The highest BCUT2D eigenvalue weighted by atomic mass is 79.9. The van der Waals surface area contributed by atoms with E-state index in [2.05, 4.69) is 232 Å². The van der Waals surface area contributed by atoms with E-state index >= 15 is 0 Å². The SMILES string of the molecule is C.C.C.C.C#Cc1cc(-c2cccc(C#N)c2)nc(N)n1.CC(C)(C)[Si](C)(C)OCc1cccc(Br)n1.CC1CCN(c2cccc(CN=[N+]=[N-])n2)CC1.CC1CCN(c2cccc(CO)n2)CC1.CC1CCN(c2cccc(CO[Si](C)(C)C(C)(C)C)n2)CC1.COC(=O)C1CCNCC1.N#Cc1cccc(-c2cc(-c3cn(Cc4cccc(N5CCCCC5)n4)nn3)nc(N)n2)c1.O=C=O.O=C=O.O=C=O.O=C=O. The predicted octanol–water partition coefficient (Wildman–Crippen LogP) is 19.4. The smallest absolute Gasteiger partial charge is 0.373 e. The van der Waals surface area contributed by atoms with Crippen molar-refractivity contribution in [3.8, 4) is 58.4 Å². The fourth-order valence-electron chi connectivity index (χ4n) is 14.1. The van der Waals surface area contributed by atoms with Gasteiger partial charge in [0.25, 0.3) is 0 Å². The van der Waals surface area contributed by atoms with E-state index in [1.807, 2.05) is 91.1 Å². The topological polar surface area (TPSA) is 522 Å². The molecule has 5 aliphatic rings. The van der Waals surface area contributed by atoms with Gasteiger partial charge < -0.3 is 55.1 Å². The molecule has 40 heteroatoms. The molecule has 13 heterocycles. The van der Waals surface area contributed by atoms with E-state index in [4.69, 9.17) is 91.0 Å². The van der Waals surface area contributed by atoms with E-state index in [-0.39, 0.29) is 94.8 Å². The van der Waals surface area contributed by atoms with Crippen LogP contribution in [0.5, 0.6) is 0 Å². The maximum Gasteiger partial charge on any atom is 0.373 e. The molecular formula is C106H147BrN24O13Si2. The Hall–Kier alpha value is -14.1. The average Bonchev–Trinajstić information content (AvgIpc) is 1.63. The van der Waals surface area contributed by atoms with E-state index < -0.39 is 16.6 Å². The normalized spacial score (nSPS) is 13.7. The molecule has 0 unspecified atom stereocenters. The summed E-state index contributed by atoms with van der Waals surface area (Å²) < 4.78 is 19.6. The van der Waals surface area contributed by atoms with Gasteiger partial charge in [0.2, 0.25) is 11.9 Å². The van der Waals surface area contributed by atoms with Crippen LogP contribution in [0.4, 0.5) is 35.2 Å². The van der Waals surface area contributed by atoms with Crippen LogP contribution in [-0.4, -0.2) is 185 Å². The number of halogens is 1. The molecule has 0 bridgehead atoms. The molecule has 2 aromatic carbocycles. The summed E-state index contributed by atoms with van der Waals surface area (Å²) in [5.41, 5.74) is 29.9. The first-order chi connectivity index (χ1) is 67.9.